The van der Waals surface area contributed by atoms with Crippen molar-refractivity contribution in [3.63, 3.8) is 0 Å². The first-order valence-corrected chi connectivity index (χ1v) is 6.78. The number of para-hydroxylation sites is 1. The van der Waals surface area contributed by atoms with Crippen LogP contribution in [0.2, 0.25) is 0 Å². The number of aromatic nitrogens is 1. The fourth-order valence-electron chi connectivity index (χ4n) is 2.66. The first kappa shape index (κ1) is 12.8. The second-order valence-corrected chi connectivity index (χ2v) is 5.06. The highest BCUT2D eigenvalue weighted by Gasteiger charge is 2.14. The Balaban J connectivity index is 2.05. The normalized spacial score (nSPS) is 12.6. The Bertz CT molecular complexity index is 726. The van der Waals surface area contributed by atoms with E-state index in [1.54, 1.807) is 0 Å². The number of nitrogens with two attached hydrogens (primary N) is 1. The molecule has 1 unspecified atom stereocenters. The summed E-state index contributed by atoms with van der Waals surface area (Å²) in [6, 6.07) is 16.5. The van der Waals surface area contributed by atoms with Gasteiger partial charge in [-0.3, -0.25) is 0 Å². The monoisotopic (exact) mass is 265 g/mol. The zero-order valence-corrected chi connectivity index (χ0v) is 11.8. The largest absolute Gasteiger partial charge is 0.388 e. The van der Waals surface area contributed by atoms with Gasteiger partial charge in [0.05, 0.1) is 6.04 Å². The summed E-state index contributed by atoms with van der Waals surface area (Å²) in [7, 11) is 3.97. The summed E-state index contributed by atoms with van der Waals surface area (Å²) in [6.45, 7) is 0. The molecule has 0 saturated carbocycles. The number of hydrogen-bond acceptors (Lipinski definition) is 2. The van der Waals surface area contributed by atoms with Crippen LogP contribution in [0.5, 0.6) is 0 Å². The van der Waals surface area contributed by atoms with Crippen LogP contribution in [-0.4, -0.2) is 11.6 Å². The lowest BCUT2D eigenvalue weighted by molar-refractivity contribution is 0.862. The Kier molecular flexibility index (Phi) is 3.20. The molecule has 0 spiro atoms. The van der Waals surface area contributed by atoms with Crippen molar-refractivity contribution in [3.05, 3.63) is 65.9 Å². The molecule has 3 nitrogen and oxygen atoms in total. The molecule has 1 atom stereocenters. The van der Waals surface area contributed by atoms with Crippen LogP contribution in [0.3, 0.4) is 0 Å². The number of rotatable bonds is 3. The first-order chi connectivity index (χ1) is 9.70. The summed E-state index contributed by atoms with van der Waals surface area (Å²) in [4.78, 5) is 0. The van der Waals surface area contributed by atoms with Gasteiger partial charge in [-0.15, -0.1) is 0 Å². The van der Waals surface area contributed by atoms with Crippen LogP contribution in [0.1, 0.15) is 17.2 Å². The van der Waals surface area contributed by atoms with Crippen molar-refractivity contribution in [3.8, 4) is 0 Å². The van der Waals surface area contributed by atoms with Crippen LogP contribution in [0.4, 0.5) is 5.69 Å². The lowest BCUT2D eigenvalue weighted by Gasteiger charge is -2.12. The van der Waals surface area contributed by atoms with Gasteiger partial charge in [-0.25, -0.2) is 0 Å². The first-order valence-electron chi connectivity index (χ1n) is 6.78. The van der Waals surface area contributed by atoms with E-state index in [1.165, 1.54) is 16.5 Å². The van der Waals surface area contributed by atoms with Crippen molar-refractivity contribution >= 4 is 16.6 Å². The van der Waals surface area contributed by atoms with E-state index in [1.807, 2.05) is 7.05 Å². The van der Waals surface area contributed by atoms with Crippen molar-refractivity contribution in [2.24, 2.45) is 12.8 Å². The molecule has 20 heavy (non-hydrogen) atoms. The number of nitrogens with zero attached hydrogens (tertiary/aromatic N) is 1. The second kappa shape index (κ2) is 5.02. The van der Waals surface area contributed by atoms with Gasteiger partial charge in [0, 0.05) is 36.9 Å². The van der Waals surface area contributed by atoms with Gasteiger partial charge in [0.2, 0.25) is 0 Å². The molecule has 3 heteroatoms. The molecule has 0 aliphatic heterocycles. The van der Waals surface area contributed by atoms with E-state index in [-0.39, 0.29) is 6.04 Å². The summed E-state index contributed by atoms with van der Waals surface area (Å²) < 4.78 is 2.13. The number of benzene rings is 2. The Morgan fingerprint density at radius 2 is 1.75 bits per heavy atom. The fraction of sp³-hybridized carbons (Fsp3) is 0.176. The van der Waals surface area contributed by atoms with Crippen LogP contribution >= 0.6 is 0 Å². The Morgan fingerprint density at radius 3 is 2.45 bits per heavy atom. The summed E-state index contributed by atoms with van der Waals surface area (Å²) in [5.41, 5.74) is 11.1. The minimum atomic E-state index is -0.105. The molecule has 0 bridgehead atoms. The zero-order valence-electron chi connectivity index (χ0n) is 11.8. The molecule has 1 aromatic heterocycles. The van der Waals surface area contributed by atoms with E-state index in [0.717, 1.165) is 11.3 Å². The number of fused-ring (bicyclic) bond motifs is 1. The molecule has 3 N–H and O–H groups in total. The van der Waals surface area contributed by atoms with Gasteiger partial charge in [-0.05, 0) is 29.3 Å². The van der Waals surface area contributed by atoms with Crippen molar-refractivity contribution in [2.75, 3.05) is 12.4 Å². The van der Waals surface area contributed by atoms with E-state index in [9.17, 15) is 0 Å². The van der Waals surface area contributed by atoms with Crippen LogP contribution in [-0.2, 0) is 7.05 Å². The lowest BCUT2D eigenvalue weighted by Crippen LogP contribution is -2.11. The third-order valence-electron chi connectivity index (χ3n) is 3.82. The number of aryl methyl sites for hydroxylation is 1. The smallest absolute Gasteiger partial charge is 0.0572 e. The third-order valence-corrected chi connectivity index (χ3v) is 3.82. The highest BCUT2D eigenvalue weighted by Crippen LogP contribution is 2.29. The van der Waals surface area contributed by atoms with Crippen LogP contribution in [0.15, 0.2) is 54.7 Å². The predicted octanol–water partition coefficient (Wildman–Crippen LogP) is 3.27. The molecule has 0 radical (unpaired) electrons. The SMILES string of the molecule is CNc1ccc(C(N)c2cn(C)c3ccccc23)cc1. The maximum absolute atomic E-state index is 6.45. The molecule has 0 aliphatic rings. The summed E-state index contributed by atoms with van der Waals surface area (Å²) in [5, 5.41) is 4.34. The van der Waals surface area contributed by atoms with Crippen molar-refractivity contribution in [1.82, 2.24) is 4.57 Å². The molecule has 3 aromatic rings. The highest BCUT2D eigenvalue weighted by atomic mass is 14.9. The van der Waals surface area contributed by atoms with Crippen molar-refractivity contribution in [2.45, 2.75) is 6.04 Å². The van der Waals surface area contributed by atoms with Gasteiger partial charge in [-0.1, -0.05) is 30.3 Å². The molecule has 0 saturated heterocycles. The molecular weight excluding hydrogens is 246 g/mol. The predicted molar refractivity (Wildman–Crippen MR) is 84.9 cm³/mol. The standard InChI is InChI=1S/C17H19N3/c1-19-13-9-7-12(8-10-13)17(18)15-11-20(2)16-6-4-3-5-14(15)16/h3-11,17,19H,18H2,1-2H3. The lowest BCUT2D eigenvalue weighted by atomic mass is 9.99. The Morgan fingerprint density at radius 1 is 1.05 bits per heavy atom. The Hall–Kier alpha value is -2.26. The van der Waals surface area contributed by atoms with E-state index in [4.69, 9.17) is 5.73 Å². The van der Waals surface area contributed by atoms with E-state index >= 15 is 0 Å². The van der Waals surface area contributed by atoms with E-state index < -0.39 is 0 Å². The van der Waals surface area contributed by atoms with Gasteiger partial charge < -0.3 is 15.6 Å². The summed E-state index contributed by atoms with van der Waals surface area (Å²) in [5.74, 6) is 0. The average Bonchev–Trinajstić information content (AvgIpc) is 2.84. The second-order valence-electron chi connectivity index (χ2n) is 5.06. The van der Waals surface area contributed by atoms with Gasteiger partial charge in [0.25, 0.3) is 0 Å². The number of hydrogen-bond donors (Lipinski definition) is 2. The van der Waals surface area contributed by atoms with Crippen LogP contribution < -0.4 is 11.1 Å². The quantitative estimate of drug-likeness (QED) is 0.763. The van der Waals surface area contributed by atoms with E-state index in [2.05, 4.69) is 71.7 Å². The fourth-order valence-corrected chi connectivity index (χ4v) is 2.66. The van der Waals surface area contributed by atoms with Crippen LogP contribution in [0, 0.1) is 0 Å². The molecule has 0 fully saturated rings. The minimum Gasteiger partial charge on any atom is -0.388 e. The van der Waals surface area contributed by atoms with Crippen LogP contribution in [0.25, 0.3) is 10.9 Å². The molecule has 2 aromatic carbocycles. The zero-order chi connectivity index (χ0) is 14.1. The number of anilines is 1. The maximum Gasteiger partial charge on any atom is 0.0572 e. The molecule has 1 heterocycles. The van der Waals surface area contributed by atoms with Gasteiger partial charge in [0.1, 0.15) is 0 Å². The third kappa shape index (κ3) is 2.06. The summed E-state index contributed by atoms with van der Waals surface area (Å²) >= 11 is 0. The number of nitrogens with one attached hydrogen (secondary N) is 1. The Labute approximate surface area is 119 Å². The van der Waals surface area contributed by atoms with Gasteiger partial charge >= 0.3 is 0 Å². The molecule has 3 rings (SSSR count). The van der Waals surface area contributed by atoms with E-state index in [0.29, 0.717) is 0 Å². The molecule has 0 amide bonds. The average molecular weight is 265 g/mol. The summed E-state index contributed by atoms with van der Waals surface area (Å²) in [6.07, 6.45) is 2.13. The molecule has 102 valence electrons. The van der Waals surface area contributed by atoms with Crippen molar-refractivity contribution in [1.29, 1.82) is 0 Å². The topological polar surface area (TPSA) is 43.0 Å². The minimum absolute atomic E-state index is 0.105. The van der Waals surface area contributed by atoms with Gasteiger partial charge in [-0.2, -0.15) is 0 Å². The maximum atomic E-state index is 6.45. The highest BCUT2D eigenvalue weighted by molar-refractivity contribution is 5.84. The van der Waals surface area contributed by atoms with Crippen molar-refractivity contribution < 1.29 is 0 Å². The molecule has 0 aliphatic carbocycles. The van der Waals surface area contributed by atoms with Gasteiger partial charge in [0.15, 0.2) is 0 Å². The molecular formula is C17H19N3.